The van der Waals surface area contributed by atoms with Crippen LogP contribution in [0.15, 0.2) is 71.6 Å². The maximum Gasteiger partial charge on any atom is 0.324 e. The summed E-state index contributed by atoms with van der Waals surface area (Å²) in [5.74, 6) is 0. The Labute approximate surface area is 200 Å². The SMILES string of the molecule is Cc1cc(C)cc(CN2CCCN(c3cccc(NS(=O)(=O)c4ccccc4C#N)c3)C2=O)c1. The molecule has 4 rings (SSSR count). The van der Waals surface area contributed by atoms with Gasteiger partial charge in [0.05, 0.1) is 11.3 Å². The Hall–Kier alpha value is -3.83. The van der Waals surface area contributed by atoms with Crippen LogP contribution in [-0.4, -0.2) is 32.4 Å². The molecule has 1 aliphatic heterocycles. The maximum absolute atomic E-state index is 13.3. The van der Waals surface area contributed by atoms with Crippen molar-refractivity contribution >= 4 is 27.4 Å². The fourth-order valence-corrected chi connectivity index (χ4v) is 5.50. The highest BCUT2D eigenvalue weighted by molar-refractivity contribution is 7.92. The van der Waals surface area contributed by atoms with Crippen molar-refractivity contribution in [1.29, 1.82) is 5.26 Å². The molecule has 8 heteroatoms. The molecule has 1 N–H and O–H groups in total. The summed E-state index contributed by atoms with van der Waals surface area (Å²) < 4.78 is 28.3. The summed E-state index contributed by atoms with van der Waals surface area (Å²) in [7, 11) is -3.96. The Kier molecular flexibility index (Phi) is 6.57. The van der Waals surface area contributed by atoms with Crippen LogP contribution in [0.4, 0.5) is 16.2 Å². The minimum absolute atomic E-state index is 0.0689. The zero-order valence-corrected chi connectivity index (χ0v) is 20.0. The highest BCUT2D eigenvalue weighted by Gasteiger charge is 2.27. The fraction of sp³-hybridized carbons (Fsp3) is 0.231. The molecule has 0 aliphatic carbocycles. The predicted octanol–water partition coefficient (Wildman–Crippen LogP) is 4.81. The van der Waals surface area contributed by atoms with Gasteiger partial charge in [0.15, 0.2) is 0 Å². The van der Waals surface area contributed by atoms with Crippen LogP contribution in [0.2, 0.25) is 0 Å². The van der Waals surface area contributed by atoms with Crippen molar-refractivity contribution in [2.24, 2.45) is 0 Å². The lowest BCUT2D eigenvalue weighted by Crippen LogP contribution is -2.49. The average molecular weight is 475 g/mol. The summed E-state index contributed by atoms with van der Waals surface area (Å²) in [6.07, 6.45) is 0.808. The summed E-state index contributed by atoms with van der Waals surface area (Å²) in [5.41, 5.74) is 4.42. The van der Waals surface area contributed by atoms with Crippen LogP contribution in [0.3, 0.4) is 0 Å². The van der Waals surface area contributed by atoms with Gasteiger partial charge < -0.3 is 4.90 Å². The Balaban J connectivity index is 1.55. The number of nitriles is 1. The number of carbonyl (C=O) groups is 1. The number of rotatable bonds is 6. The number of aryl methyl sites for hydroxylation is 2. The topological polar surface area (TPSA) is 93.5 Å². The lowest BCUT2D eigenvalue weighted by atomic mass is 10.1. The normalized spacial score (nSPS) is 14.1. The van der Waals surface area contributed by atoms with Crippen molar-refractivity contribution < 1.29 is 13.2 Å². The number of anilines is 2. The summed E-state index contributed by atoms with van der Waals surface area (Å²) in [5, 5.41) is 9.26. The van der Waals surface area contributed by atoms with Crippen LogP contribution >= 0.6 is 0 Å². The van der Waals surface area contributed by atoms with Gasteiger partial charge in [0.25, 0.3) is 10.0 Å². The molecule has 0 atom stereocenters. The molecular weight excluding hydrogens is 448 g/mol. The highest BCUT2D eigenvalue weighted by Crippen LogP contribution is 2.26. The molecule has 0 radical (unpaired) electrons. The molecule has 1 aliphatic rings. The number of sulfonamides is 1. The molecule has 0 unspecified atom stereocenters. The largest absolute Gasteiger partial charge is 0.324 e. The number of benzene rings is 3. The molecule has 1 saturated heterocycles. The van der Waals surface area contributed by atoms with Crippen molar-refractivity contribution in [3.05, 3.63) is 89.0 Å². The zero-order chi connectivity index (χ0) is 24.3. The van der Waals surface area contributed by atoms with Gasteiger partial charge in [-0.05, 0) is 56.2 Å². The van der Waals surface area contributed by atoms with E-state index in [1.807, 2.05) is 24.8 Å². The molecule has 2 amide bonds. The third kappa shape index (κ3) is 5.05. The molecule has 1 heterocycles. The zero-order valence-electron chi connectivity index (χ0n) is 19.2. The van der Waals surface area contributed by atoms with E-state index in [2.05, 4.69) is 22.9 Å². The standard InChI is InChI=1S/C26H26N4O3S/c1-19-13-20(2)15-21(14-19)18-29-11-6-12-30(26(29)31)24-9-5-8-23(16-24)28-34(32,33)25-10-4-3-7-22(25)17-27/h3-5,7-10,13-16,28H,6,11-12,18H2,1-2H3. The summed E-state index contributed by atoms with van der Waals surface area (Å²) in [6.45, 7) is 5.83. The molecule has 3 aromatic rings. The molecule has 1 fully saturated rings. The first kappa shape index (κ1) is 23.3. The van der Waals surface area contributed by atoms with Gasteiger partial charge in [0.1, 0.15) is 11.0 Å². The van der Waals surface area contributed by atoms with E-state index in [0.717, 1.165) is 23.1 Å². The maximum atomic E-state index is 13.3. The Morgan fingerprint density at radius 2 is 1.71 bits per heavy atom. The Morgan fingerprint density at radius 1 is 0.971 bits per heavy atom. The van der Waals surface area contributed by atoms with E-state index in [9.17, 15) is 18.5 Å². The molecule has 0 aromatic heterocycles. The van der Waals surface area contributed by atoms with Crippen molar-refractivity contribution in [1.82, 2.24) is 4.90 Å². The Bertz CT molecular complexity index is 1360. The van der Waals surface area contributed by atoms with E-state index < -0.39 is 10.0 Å². The van der Waals surface area contributed by atoms with Crippen LogP contribution in [-0.2, 0) is 16.6 Å². The third-order valence-corrected chi connectivity index (χ3v) is 7.11. The molecule has 0 spiro atoms. The van der Waals surface area contributed by atoms with E-state index >= 15 is 0 Å². The number of amides is 2. The van der Waals surface area contributed by atoms with Crippen molar-refractivity contribution in [2.45, 2.75) is 31.7 Å². The van der Waals surface area contributed by atoms with Gasteiger partial charge in [-0.2, -0.15) is 5.26 Å². The van der Waals surface area contributed by atoms with Gasteiger partial charge in [0, 0.05) is 25.3 Å². The van der Waals surface area contributed by atoms with E-state index in [1.54, 1.807) is 41.3 Å². The quantitative estimate of drug-likeness (QED) is 0.555. The first-order chi connectivity index (χ1) is 16.3. The molecule has 7 nitrogen and oxygen atoms in total. The average Bonchev–Trinajstić information content (AvgIpc) is 2.79. The van der Waals surface area contributed by atoms with Gasteiger partial charge in [-0.25, -0.2) is 13.2 Å². The fourth-order valence-electron chi connectivity index (χ4n) is 4.29. The second-order valence-corrected chi connectivity index (χ2v) is 10.1. The lowest BCUT2D eigenvalue weighted by Gasteiger charge is -2.36. The molecule has 3 aromatic carbocycles. The van der Waals surface area contributed by atoms with E-state index in [1.165, 1.54) is 12.1 Å². The van der Waals surface area contributed by atoms with Crippen LogP contribution < -0.4 is 9.62 Å². The van der Waals surface area contributed by atoms with Crippen LogP contribution in [0.1, 0.15) is 28.7 Å². The number of hydrogen-bond acceptors (Lipinski definition) is 4. The second kappa shape index (κ2) is 9.57. The predicted molar refractivity (Wildman–Crippen MR) is 132 cm³/mol. The molecule has 34 heavy (non-hydrogen) atoms. The first-order valence-corrected chi connectivity index (χ1v) is 12.5. The van der Waals surface area contributed by atoms with Crippen molar-refractivity contribution in [3.8, 4) is 6.07 Å². The minimum atomic E-state index is -3.96. The van der Waals surface area contributed by atoms with E-state index in [-0.39, 0.29) is 16.5 Å². The highest BCUT2D eigenvalue weighted by atomic mass is 32.2. The van der Waals surface area contributed by atoms with Crippen molar-refractivity contribution in [3.63, 3.8) is 0 Å². The van der Waals surface area contributed by atoms with Crippen molar-refractivity contribution in [2.75, 3.05) is 22.7 Å². The summed E-state index contributed by atoms with van der Waals surface area (Å²) in [4.78, 5) is 16.7. The lowest BCUT2D eigenvalue weighted by molar-refractivity contribution is 0.192. The summed E-state index contributed by atoms with van der Waals surface area (Å²) in [6, 6.07) is 20.9. The molecule has 0 saturated carbocycles. The molecular formula is C26H26N4O3S. The number of carbonyl (C=O) groups excluding carboxylic acids is 1. The van der Waals surface area contributed by atoms with Crippen LogP contribution in [0.25, 0.3) is 0 Å². The Morgan fingerprint density at radius 3 is 2.44 bits per heavy atom. The number of urea groups is 1. The smallest absolute Gasteiger partial charge is 0.320 e. The second-order valence-electron chi connectivity index (χ2n) is 8.47. The van der Waals surface area contributed by atoms with Crippen LogP contribution in [0, 0.1) is 25.2 Å². The summed E-state index contributed by atoms with van der Waals surface area (Å²) >= 11 is 0. The van der Waals surface area contributed by atoms with Gasteiger partial charge in [-0.3, -0.25) is 9.62 Å². The van der Waals surface area contributed by atoms with E-state index in [4.69, 9.17) is 0 Å². The third-order valence-electron chi connectivity index (χ3n) is 5.67. The van der Waals surface area contributed by atoms with Gasteiger partial charge in [-0.15, -0.1) is 0 Å². The number of nitrogens with one attached hydrogen (secondary N) is 1. The monoisotopic (exact) mass is 474 g/mol. The molecule has 174 valence electrons. The number of nitrogens with zero attached hydrogens (tertiary/aromatic N) is 3. The van der Waals surface area contributed by atoms with Crippen LogP contribution in [0.5, 0.6) is 0 Å². The van der Waals surface area contributed by atoms with Gasteiger partial charge in [-0.1, -0.05) is 47.5 Å². The molecule has 0 bridgehead atoms. The minimum Gasteiger partial charge on any atom is -0.320 e. The van der Waals surface area contributed by atoms with Gasteiger partial charge in [0.2, 0.25) is 0 Å². The van der Waals surface area contributed by atoms with Gasteiger partial charge >= 0.3 is 6.03 Å². The van der Waals surface area contributed by atoms with E-state index in [0.29, 0.717) is 31.0 Å². The number of hydrogen-bond donors (Lipinski definition) is 1. The first-order valence-electron chi connectivity index (χ1n) is 11.0.